The van der Waals surface area contributed by atoms with Crippen LogP contribution in [0, 0.1) is 46.3 Å². The third kappa shape index (κ3) is 7.81. The Kier molecular flexibility index (Phi) is 13.3. The van der Waals surface area contributed by atoms with Crippen LogP contribution in [-0.4, -0.2) is 188 Å². The Labute approximate surface area is 368 Å². The van der Waals surface area contributed by atoms with Crippen molar-refractivity contribution in [3.05, 3.63) is 11.6 Å². The van der Waals surface area contributed by atoms with E-state index in [1.807, 2.05) is 0 Å². The fraction of sp³-hybridized carbons (Fsp3) is 0.956. The minimum absolute atomic E-state index is 0.0603. The highest BCUT2D eigenvalue weighted by molar-refractivity contribution is 5.26. The third-order valence-electron chi connectivity index (χ3n) is 17.7. The molecule has 9 rings (SSSR count). The minimum atomic E-state index is -1.84. The van der Waals surface area contributed by atoms with Crippen molar-refractivity contribution in [3.63, 3.8) is 0 Å². The Bertz CT molecular complexity index is 1630. The lowest BCUT2D eigenvalue weighted by atomic mass is 9.47. The number of rotatable bonds is 9. The van der Waals surface area contributed by atoms with Gasteiger partial charge in [-0.05, 0) is 91.8 Å². The first-order valence-electron chi connectivity index (χ1n) is 23.5. The summed E-state index contributed by atoms with van der Waals surface area (Å²) in [6, 6.07) is 0. The Balaban J connectivity index is 0.922. The number of aliphatic hydroxyl groups is 10. The highest BCUT2D eigenvalue weighted by Gasteiger charge is 2.69. The second-order valence-corrected chi connectivity index (χ2v) is 21.1. The van der Waals surface area contributed by atoms with Crippen molar-refractivity contribution in [1.82, 2.24) is 0 Å². The van der Waals surface area contributed by atoms with Gasteiger partial charge in [-0.1, -0.05) is 39.3 Å². The van der Waals surface area contributed by atoms with Gasteiger partial charge in [0.2, 0.25) is 0 Å². The molecule has 18 heteroatoms. The summed E-state index contributed by atoms with van der Waals surface area (Å²) >= 11 is 0. The zero-order valence-corrected chi connectivity index (χ0v) is 36.8. The van der Waals surface area contributed by atoms with Crippen molar-refractivity contribution in [2.24, 2.45) is 46.3 Å². The number of fused-ring (bicyclic) bond motifs is 7. The molecule has 26 atom stereocenters. The standard InChI is InChI=1S/C45H72O18/c1-19-7-12-45(56-18-19)20(2)30-26(63-45)14-25-23-6-5-21-13-22(8-10-43(21,3)24(23)9-11-44(25,30)4)57-42-39(62-41-36(54)34(52)32(50)28(16-47)59-41)37(55)38(29(17-48)60-42)61-40-35(53)33(51)31(49)27(15-46)58-40/h5,19-20,22-42,46-55H,6-18H2,1-4H3/t19?,20?,22-,23?,24?,25?,26?,27+,28+,29+,30?,31+,32+,33-,34+,35+,36+,37+,38+,39+,40-,41-,42+,43-,44-,45?/m0/s1. The average molecular weight is 901 g/mol. The summed E-state index contributed by atoms with van der Waals surface area (Å²) in [4.78, 5) is 0. The maximum Gasteiger partial charge on any atom is 0.187 e. The van der Waals surface area contributed by atoms with E-state index in [0.29, 0.717) is 48.3 Å². The van der Waals surface area contributed by atoms with Crippen LogP contribution in [0.4, 0.5) is 0 Å². The molecule has 5 heterocycles. The molecular formula is C45H72O18. The molecule has 5 saturated heterocycles. The van der Waals surface area contributed by atoms with Gasteiger partial charge in [0.15, 0.2) is 24.7 Å². The lowest BCUT2D eigenvalue weighted by Crippen LogP contribution is -2.67. The van der Waals surface area contributed by atoms with E-state index in [4.69, 9.17) is 37.9 Å². The first-order valence-corrected chi connectivity index (χ1v) is 23.5. The van der Waals surface area contributed by atoms with Crippen LogP contribution in [0.3, 0.4) is 0 Å². The van der Waals surface area contributed by atoms with Gasteiger partial charge in [0, 0.05) is 12.3 Å². The number of ether oxygens (including phenoxy) is 8. The zero-order valence-electron chi connectivity index (χ0n) is 36.8. The molecule has 0 bridgehead atoms. The van der Waals surface area contributed by atoms with Crippen molar-refractivity contribution < 1.29 is 89.0 Å². The largest absolute Gasteiger partial charge is 0.394 e. The van der Waals surface area contributed by atoms with Crippen LogP contribution in [0.1, 0.15) is 85.5 Å². The molecule has 0 amide bonds. The molecule has 0 aromatic carbocycles. The SMILES string of the molecule is CC1CCC2(OC1)OC1CC3C4CC=C5C[C@@H](O[C@@H]6O[C@H](CO)[C@@H](O[C@@H]7O[C@H](CO)[C@@H](O)[C@H](O)[C@H]7O)[C@@H](O)[C@H]6O[C@@H]6O[C@H](CO)[C@@H](O)[C@@H](O)[C@H]6O)CC[C@]5(C)C4CC[C@]3(C)C1C2C. The third-order valence-corrected chi connectivity index (χ3v) is 17.7. The summed E-state index contributed by atoms with van der Waals surface area (Å²) < 4.78 is 49.7. The molecule has 8 fully saturated rings. The summed E-state index contributed by atoms with van der Waals surface area (Å²) in [7, 11) is 0. The molecule has 9 aliphatic rings. The molecule has 5 aliphatic heterocycles. The normalized spacial score (nSPS) is 56.9. The number of hydrogen-bond acceptors (Lipinski definition) is 18. The van der Waals surface area contributed by atoms with E-state index in [2.05, 4.69) is 33.8 Å². The topological polar surface area (TPSA) is 276 Å². The van der Waals surface area contributed by atoms with Crippen molar-refractivity contribution in [3.8, 4) is 0 Å². The zero-order chi connectivity index (χ0) is 44.9. The Hall–Kier alpha value is -0.980. The molecule has 18 nitrogen and oxygen atoms in total. The van der Waals surface area contributed by atoms with Crippen molar-refractivity contribution in [1.29, 1.82) is 0 Å². The summed E-state index contributed by atoms with van der Waals surface area (Å²) in [6.45, 7) is 8.10. The maximum atomic E-state index is 12.0. The fourth-order valence-electron chi connectivity index (χ4n) is 14.1. The van der Waals surface area contributed by atoms with Gasteiger partial charge < -0.3 is 89.0 Å². The lowest BCUT2D eigenvalue weighted by Gasteiger charge is -2.58. The highest BCUT2D eigenvalue weighted by Crippen LogP contribution is 2.70. The number of allylic oxidation sites excluding steroid dienone is 1. The molecule has 3 saturated carbocycles. The van der Waals surface area contributed by atoms with Crippen molar-refractivity contribution >= 4 is 0 Å². The quantitative estimate of drug-likeness (QED) is 0.127. The lowest BCUT2D eigenvalue weighted by molar-refractivity contribution is -0.391. The van der Waals surface area contributed by atoms with E-state index in [-0.39, 0.29) is 16.9 Å². The molecule has 8 unspecified atom stereocenters. The Morgan fingerprint density at radius 2 is 1.27 bits per heavy atom. The first-order chi connectivity index (χ1) is 30.0. The fourth-order valence-corrected chi connectivity index (χ4v) is 14.1. The van der Waals surface area contributed by atoms with E-state index < -0.39 is 124 Å². The van der Waals surface area contributed by atoms with Gasteiger partial charge in [-0.3, -0.25) is 0 Å². The van der Waals surface area contributed by atoms with Crippen LogP contribution >= 0.6 is 0 Å². The van der Waals surface area contributed by atoms with Gasteiger partial charge in [0.1, 0.15) is 73.2 Å². The predicted molar refractivity (Wildman–Crippen MR) is 216 cm³/mol. The van der Waals surface area contributed by atoms with Crippen LogP contribution in [0.5, 0.6) is 0 Å². The predicted octanol–water partition coefficient (Wildman–Crippen LogP) is -0.813. The van der Waals surface area contributed by atoms with Gasteiger partial charge in [-0.25, -0.2) is 0 Å². The highest BCUT2D eigenvalue weighted by atomic mass is 16.8. The van der Waals surface area contributed by atoms with Gasteiger partial charge in [-0.2, -0.15) is 0 Å². The second kappa shape index (κ2) is 17.8. The summed E-state index contributed by atoms with van der Waals surface area (Å²) in [5, 5.41) is 106. The molecule has 4 aliphatic carbocycles. The van der Waals surface area contributed by atoms with Gasteiger partial charge in [-0.15, -0.1) is 0 Å². The maximum absolute atomic E-state index is 12.0. The number of aliphatic hydroxyl groups excluding tert-OH is 10. The summed E-state index contributed by atoms with van der Waals surface area (Å²) in [5.74, 6) is 2.47. The molecule has 360 valence electrons. The summed E-state index contributed by atoms with van der Waals surface area (Å²) in [6.07, 6.45) is -13.8. The van der Waals surface area contributed by atoms with Crippen LogP contribution in [0.2, 0.25) is 0 Å². The Morgan fingerprint density at radius 1 is 0.651 bits per heavy atom. The monoisotopic (exact) mass is 900 g/mol. The van der Waals surface area contributed by atoms with Crippen LogP contribution in [-0.2, 0) is 37.9 Å². The molecule has 0 aromatic rings. The molecule has 63 heavy (non-hydrogen) atoms. The van der Waals surface area contributed by atoms with Crippen LogP contribution in [0.15, 0.2) is 11.6 Å². The first kappa shape index (κ1) is 47.1. The molecule has 0 radical (unpaired) electrons. The Morgan fingerprint density at radius 3 is 1.87 bits per heavy atom. The smallest absolute Gasteiger partial charge is 0.187 e. The van der Waals surface area contributed by atoms with Crippen molar-refractivity contribution in [2.45, 2.75) is 196 Å². The van der Waals surface area contributed by atoms with E-state index in [9.17, 15) is 51.1 Å². The van der Waals surface area contributed by atoms with E-state index in [0.717, 1.165) is 51.6 Å². The second-order valence-electron chi connectivity index (χ2n) is 21.1. The van der Waals surface area contributed by atoms with E-state index >= 15 is 0 Å². The molecule has 0 aromatic heterocycles. The number of hydrogen-bond donors (Lipinski definition) is 10. The van der Waals surface area contributed by atoms with Crippen molar-refractivity contribution in [2.75, 3.05) is 26.4 Å². The van der Waals surface area contributed by atoms with E-state index in [1.165, 1.54) is 5.57 Å². The minimum Gasteiger partial charge on any atom is -0.394 e. The summed E-state index contributed by atoms with van der Waals surface area (Å²) in [5.41, 5.74) is 1.42. The molecule has 10 N–H and O–H groups in total. The van der Waals surface area contributed by atoms with Crippen LogP contribution < -0.4 is 0 Å². The van der Waals surface area contributed by atoms with Gasteiger partial charge >= 0.3 is 0 Å². The van der Waals surface area contributed by atoms with Gasteiger partial charge in [0.05, 0.1) is 38.6 Å². The van der Waals surface area contributed by atoms with Crippen LogP contribution in [0.25, 0.3) is 0 Å². The van der Waals surface area contributed by atoms with Gasteiger partial charge in [0.25, 0.3) is 0 Å². The van der Waals surface area contributed by atoms with E-state index in [1.54, 1.807) is 0 Å². The molecule has 1 spiro atoms. The molecular weight excluding hydrogens is 828 g/mol. The average Bonchev–Trinajstić information content (AvgIpc) is 3.72.